The van der Waals surface area contributed by atoms with Crippen LogP contribution in [0.5, 0.6) is 5.75 Å². The van der Waals surface area contributed by atoms with Gasteiger partial charge in [0.2, 0.25) is 0 Å². The number of hydrogen-bond donors (Lipinski definition) is 2. The number of amidine groups is 1. The smallest absolute Gasteiger partial charge is 0.150 e. The minimum Gasteiger partial charge on any atom is -0.486 e. The second-order valence-corrected chi connectivity index (χ2v) is 2.50. The summed E-state index contributed by atoms with van der Waals surface area (Å²) in [5.74, 6) is 0.497. The van der Waals surface area contributed by atoms with Gasteiger partial charge in [-0.1, -0.05) is 12.1 Å². The van der Waals surface area contributed by atoms with Gasteiger partial charge in [-0.3, -0.25) is 10.2 Å². The third-order valence-electron chi connectivity index (χ3n) is 1.39. The lowest BCUT2D eigenvalue weighted by Crippen LogP contribution is -2.19. The molecule has 0 unspecified atom stereocenters. The van der Waals surface area contributed by atoms with Crippen molar-refractivity contribution < 1.29 is 9.53 Å². The molecule has 0 aliphatic heterocycles. The van der Waals surface area contributed by atoms with Crippen LogP contribution in [0, 0.1) is 5.41 Å². The van der Waals surface area contributed by atoms with Gasteiger partial charge < -0.3 is 10.5 Å². The summed E-state index contributed by atoms with van der Waals surface area (Å²) in [7, 11) is 0. The van der Waals surface area contributed by atoms with E-state index in [0.717, 1.165) is 6.29 Å². The minimum absolute atomic E-state index is 0.0440. The lowest BCUT2D eigenvalue weighted by molar-refractivity contribution is 0.112. The van der Waals surface area contributed by atoms with Gasteiger partial charge in [0.1, 0.15) is 24.5 Å². The first-order valence-corrected chi connectivity index (χ1v) is 3.73. The van der Waals surface area contributed by atoms with E-state index in [1.54, 1.807) is 24.3 Å². The summed E-state index contributed by atoms with van der Waals surface area (Å²) in [4.78, 5) is 10.4. The Labute approximate surface area is 75.8 Å². The Kier molecular flexibility index (Phi) is 3.03. The van der Waals surface area contributed by atoms with Gasteiger partial charge in [0.05, 0.1) is 0 Å². The van der Waals surface area contributed by atoms with E-state index in [4.69, 9.17) is 15.9 Å². The summed E-state index contributed by atoms with van der Waals surface area (Å²) >= 11 is 0. The Hall–Kier alpha value is -1.84. The van der Waals surface area contributed by atoms with Crippen molar-refractivity contribution in [1.82, 2.24) is 0 Å². The van der Waals surface area contributed by atoms with Crippen LogP contribution in [0.2, 0.25) is 0 Å². The molecule has 13 heavy (non-hydrogen) atoms. The number of nitrogens with two attached hydrogens (primary N) is 1. The highest BCUT2D eigenvalue weighted by Gasteiger charge is 1.96. The van der Waals surface area contributed by atoms with E-state index in [1.165, 1.54) is 0 Å². The van der Waals surface area contributed by atoms with Crippen molar-refractivity contribution in [3.8, 4) is 5.75 Å². The largest absolute Gasteiger partial charge is 0.486 e. The number of ether oxygens (including phenoxy) is 1. The van der Waals surface area contributed by atoms with Crippen LogP contribution in [-0.4, -0.2) is 18.7 Å². The molecule has 0 saturated carbocycles. The highest BCUT2D eigenvalue weighted by molar-refractivity contribution is 5.78. The Balaban J connectivity index is 2.66. The number of carbonyl (C=O) groups excluding carboxylic acids is 1. The molecule has 1 aromatic carbocycles. The molecule has 0 amide bonds. The molecule has 0 aromatic heterocycles. The first kappa shape index (κ1) is 9.25. The molecule has 0 aliphatic carbocycles. The van der Waals surface area contributed by atoms with E-state index in [9.17, 15) is 4.79 Å². The molecular weight excluding hydrogens is 168 g/mol. The third kappa shape index (κ3) is 2.94. The van der Waals surface area contributed by atoms with Gasteiger partial charge in [-0.05, 0) is 12.1 Å². The van der Waals surface area contributed by atoms with Crippen LogP contribution in [0.1, 0.15) is 10.4 Å². The van der Waals surface area contributed by atoms with Crippen LogP contribution in [0.3, 0.4) is 0 Å². The van der Waals surface area contributed by atoms with Gasteiger partial charge in [0.25, 0.3) is 0 Å². The number of nitrogens with one attached hydrogen (secondary N) is 1. The van der Waals surface area contributed by atoms with Crippen molar-refractivity contribution in [2.24, 2.45) is 5.73 Å². The van der Waals surface area contributed by atoms with Gasteiger partial charge >= 0.3 is 0 Å². The lowest BCUT2D eigenvalue weighted by Gasteiger charge is -2.04. The van der Waals surface area contributed by atoms with E-state index in [1.807, 2.05) is 0 Å². The molecule has 0 radical (unpaired) electrons. The Morgan fingerprint density at radius 2 is 2.38 bits per heavy atom. The molecule has 68 valence electrons. The molecule has 1 aromatic rings. The molecule has 0 spiro atoms. The molecule has 0 bridgehead atoms. The van der Waals surface area contributed by atoms with Crippen molar-refractivity contribution in [3.63, 3.8) is 0 Å². The van der Waals surface area contributed by atoms with Gasteiger partial charge in [-0.25, -0.2) is 0 Å². The molecule has 0 heterocycles. The van der Waals surface area contributed by atoms with E-state index >= 15 is 0 Å². The lowest BCUT2D eigenvalue weighted by atomic mass is 10.2. The van der Waals surface area contributed by atoms with Crippen molar-refractivity contribution in [2.75, 3.05) is 6.61 Å². The normalized spacial score (nSPS) is 9.23. The maximum atomic E-state index is 10.4. The monoisotopic (exact) mass is 178 g/mol. The predicted octanol–water partition coefficient (Wildman–Crippen LogP) is 0.814. The number of benzene rings is 1. The van der Waals surface area contributed by atoms with Crippen molar-refractivity contribution in [2.45, 2.75) is 0 Å². The van der Waals surface area contributed by atoms with E-state index in [-0.39, 0.29) is 12.4 Å². The van der Waals surface area contributed by atoms with Gasteiger partial charge in [-0.15, -0.1) is 0 Å². The summed E-state index contributed by atoms with van der Waals surface area (Å²) in [6.07, 6.45) is 0.737. The molecule has 0 saturated heterocycles. The third-order valence-corrected chi connectivity index (χ3v) is 1.39. The van der Waals surface area contributed by atoms with E-state index < -0.39 is 0 Å². The van der Waals surface area contributed by atoms with Crippen LogP contribution >= 0.6 is 0 Å². The SMILES string of the molecule is N=C(N)COc1cccc(C=O)c1. The molecule has 0 fully saturated rings. The topological polar surface area (TPSA) is 76.2 Å². The summed E-state index contributed by atoms with van der Waals surface area (Å²) in [6, 6.07) is 6.68. The van der Waals surface area contributed by atoms with E-state index in [0.29, 0.717) is 11.3 Å². The van der Waals surface area contributed by atoms with Gasteiger partial charge in [-0.2, -0.15) is 0 Å². The average molecular weight is 178 g/mol. The molecule has 3 N–H and O–H groups in total. The Morgan fingerprint density at radius 3 is 3.00 bits per heavy atom. The van der Waals surface area contributed by atoms with Crippen LogP contribution in [0.4, 0.5) is 0 Å². The quantitative estimate of drug-likeness (QED) is 0.407. The van der Waals surface area contributed by atoms with Crippen molar-refractivity contribution >= 4 is 12.1 Å². The highest BCUT2D eigenvalue weighted by Crippen LogP contribution is 2.11. The molecule has 0 atom stereocenters. The van der Waals surface area contributed by atoms with Crippen LogP contribution < -0.4 is 10.5 Å². The maximum Gasteiger partial charge on any atom is 0.150 e. The summed E-state index contributed by atoms with van der Waals surface area (Å²) in [5, 5.41) is 6.93. The summed E-state index contributed by atoms with van der Waals surface area (Å²) in [5.41, 5.74) is 5.64. The number of rotatable bonds is 4. The van der Waals surface area contributed by atoms with Crippen LogP contribution in [-0.2, 0) is 0 Å². The first-order valence-electron chi connectivity index (χ1n) is 3.73. The average Bonchev–Trinajstić information content (AvgIpc) is 2.15. The molecule has 4 heteroatoms. The number of carbonyl (C=O) groups is 1. The van der Waals surface area contributed by atoms with Crippen LogP contribution in [0.25, 0.3) is 0 Å². The summed E-state index contributed by atoms with van der Waals surface area (Å²) < 4.78 is 5.10. The Bertz CT molecular complexity index is 323. The highest BCUT2D eigenvalue weighted by atomic mass is 16.5. The fraction of sp³-hybridized carbons (Fsp3) is 0.111. The van der Waals surface area contributed by atoms with Gasteiger partial charge in [0, 0.05) is 5.56 Å². The molecule has 4 nitrogen and oxygen atoms in total. The minimum atomic E-state index is -0.0449. The second-order valence-electron chi connectivity index (χ2n) is 2.50. The maximum absolute atomic E-state index is 10.4. The Morgan fingerprint density at radius 1 is 1.62 bits per heavy atom. The zero-order chi connectivity index (χ0) is 9.68. The van der Waals surface area contributed by atoms with E-state index in [2.05, 4.69) is 0 Å². The first-order chi connectivity index (χ1) is 6.22. The number of aldehydes is 1. The number of hydrogen-bond acceptors (Lipinski definition) is 3. The fourth-order valence-electron chi connectivity index (χ4n) is 0.839. The predicted molar refractivity (Wildman–Crippen MR) is 49.2 cm³/mol. The zero-order valence-electron chi connectivity index (χ0n) is 6.99. The standard InChI is InChI=1S/C9H10N2O2/c10-9(11)6-13-8-3-1-2-7(4-8)5-12/h1-5H,6H2,(H3,10,11). The molecule has 0 aliphatic rings. The van der Waals surface area contributed by atoms with Crippen LogP contribution in [0.15, 0.2) is 24.3 Å². The second kappa shape index (κ2) is 4.25. The van der Waals surface area contributed by atoms with Crippen molar-refractivity contribution in [1.29, 1.82) is 5.41 Å². The molecular formula is C9H10N2O2. The zero-order valence-corrected chi connectivity index (χ0v) is 6.99. The molecule has 1 rings (SSSR count). The van der Waals surface area contributed by atoms with Crippen molar-refractivity contribution in [3.05, 3.63) is 29.8 Å². The summed E-state index contributed by atoms with van der Waals surface area (Å²) in [6.45, 7) is 0.0440. The van der Waals surface area contributed by atoms with Gasteiger partial charge in [0.15, 0.2) is 0 Å². The fourth-order valence-corrected chi connectivity index (χ4v) is 0.839.